The molecule has 0 saturated heterocycles. The average molecular weight is 213 g/mol. The summed E-state index contributed by atoms with van der Waals surface area (Å²) < 4.78 is 0. The molecular weight excluding hydrogens is 194 g/mol. The first-order valence-electron chi connectivity index (χ1n) is 5.51. The van der Waals surface area contributed by atoms with Crippen molar-refractivity contribution in [3.05, 3.63) is 0 Å². The molecule has 0 heterocycles. The van der Waals surface area contributed by atoms with Crippen LogP contribution in [-0.4, -0.2) is 23.0 Å². The van der Waals surface area contributed by atoms with Crippen LogP contribution in [0.25, 0.3) is 0 Å². The SMILES string of the molecule is CC(C)CC(NC(=O)CC1CC1)C(=O)O. The predicted molar refractivity (Wildman–Crippen MR) is 56.4 cm³/mol. The second-order valence-electron chi connectivity index (χ2n) is 4.74. The van der Waals surface area contributed by atoms with Crippen molar-refractivity contribution in [1.29, 1.82) is 0 Å². The zero-order valence-corrected chi connectivity index (χ0v) is 9.32. The van der Waals surface area contributed by atoms with Gasteiger partial charge in [0.15, 0.2) is 0 Å². The molecule has 0 bridgehead atoms. The topological polar surface area (TPSA) is 66.4 Å². The van der Waals surface area contributed by atoms with Crippen LogP contribution >= 0.6 is 0 Å². The second-order valence-corrected chi connectivity index (χ2v) is 4.74. The van der Waals surface area contributed by atoms with E-state index in [0.717, 1.165) is 12.8 Å². The highest BCUT2D eigenvalue weighted by atomic mass is 16.4. The van der Waals surface area contributed by atoms with Gasteiger partial charge in [-0.2, -0.15) is 0 Å². The molecule has 1 aliphatic rings. The number of carbonyl (C=O) groups excluding carboxylic acids is 1. The van der Waals surface area contributed by atoms with E-state index >= 15 is 0 Å². The van der Waals surface area contributed by atoms with Crippen molar-refractivity contribution in [2.24, 2.45) is 11.8 Å². The highest BCUT2D eigenvalue weighted by Gasteiger charge is 2.27. The first-order valence-corrected chi connectivity index (χ1v) is 5.51. The highest BCUT2D eigenvalue weighted by molar-refractivity contribution is 5.83. The van der Waals surface area contributed by atoms with E-state index in [0.29, 0.717) is 18.8 Å². The largest absolute Gasteiger partial charge is 0.480 e. The molecule has 0 aliphatic heterocycles. The van der Waals surface area contributed by atoms with Gasteiger partial charge in [-0.25, -0.2) is 4.79 Å². The molecule has 1 fully saturated rings. The van der Waals surface area contributed by atoms with Gasteiger partial charge in [0, 0.05) is 6.42 Å². The molecule has 0 aromatic rings. The third-order valence-electron chi connectivity index (χ3n) is 2.51. The molecular formula is C11H19NO3. The maximum Gasteiger partial charge on any atom is 0.326 e. The van der Waals surface area contributed by atoms with Crippen molar-refractivity contribution in [3.63, 3.8) is 0 Å². The van der Waals surface area contributed by atoms with Crippen molar-refractivity contribution >= 4 is 11.9 Å². The standard InChI is InChI=1S/C11H19NO3/c1-7(2)5-9(11(14)15)12-10(13)6-8-3-4-8/h7-9H,3-6H2,1-2H3,(H,12,13)(H,14,15). The fourth-order valence-electron chi connectivity index (χ4n) is 1.53. The molecule has 0 radical (unpaired) electrons. The minimum Gasteiger partial charge on any atom is -0.480 e. The summed E-state index contributed by atoms with van der Waals surface area (Å²) in [4.78, 5) is 22.3. The lowest BCUT2D eigenvalue weighted by Gasteiger charge is -2.16. The van der Waals surface area contributed by atoms with Crippen LogP contribution in [-0.2, 0) is 9.59 Å². The Labute approximate surface area is 90.0 Å². The van der Waals surface area contributed by atoms with Gasteiger partial charge in [0.25, 0.3) is 0 Å². The molecule has 2 N–H and O–H groups in total. The molecule has 0 spiro atoms. The average Bonchev–Trinajstić information content (AvgIpc) is 2.85. The van der Waals surface area contributed by atoms with E-state index in [1.807, 2.05) is 13.8 Å². The van der Waals surface area contributed by atoms with Crippen LogP contribution in [0.3, 0.4) is 0 Å². The van der Waals surface area contributed by atoms with Crippen molar-refractivity contribution < 1.29 is 14.7 Å². The summed E-state index contributed by atoms with van der Waals surface area (Å²) in [5, 5.41) is 11.5. The summed E-state index contributed by atoms with van der Waals surface area (Å²) in [6.45, 7) is 3.89. The van der Waals surface area contributed by atoms with E-state index in [1.165, 1.54) is 0 Å². The zero-order chi connectivity index (χ0) is 11.4. The number of rotatable bonds is 6. The zero-order valence-electron chi connectivity index (χ0n) is 9.32. The molecule has 15 heavy (non-hydrogen) atoms. The normalized spacial score (nSPS) is 17.5. The Kier molecular flexibility index (Phi) is 4.12. The van der Waals surface area contributed by atoms with E-state index in [9.17, 15) is 9.59 Å². The van der Waals surface area contributed by atoms with E-state index in [4.69, 9.17) is 5.11 Å². The lowest BCUT2D eigenvalue weighted by molar-refractivity contribution is -0.142. The lowest BCUT2D eigenvalue weighted by atomic mass is 10.0. The number of hydrogen-bond acceptors (Lipinski definition) is 2. The van der Waals surface area contributed by atoms with Crippen molar-refractivity contribution in [3.8, 4) is 0 Å². The number of aliphatic carboxylic acids is 1. The van der Waals surface area contributed by atoms with Crippen LogP contribution in [0.4, 0.5) is 0 Å². The van der Waals surface area contributed by atoms with Crippen LogP contribution < -0.4 is 5.32 Å². The molecule has 1 rings (SSSR count). The maximum absolute atomic E-state index is 11.4. The maximum atomic E-state index is 11.4. The molecule has 86 valence electrons. The van der Waals surface area contributed by atoms with Gasteiger partial charge in [-0.3, -0.25) is 4.79 Å². The van der Waals surface area contributed by atoms with E-state index < -0.39 is 12.0 Å². The molecule has 4 nitrogen and oxygen atoms in total. The number of carbonyl (C=O) groups is 2. The van der Waals surface area contributed by atoms with Gasteiger partial charge in [-0.1, -0.05) is 13.8 Å². The third kappa shape index (κ3) is 4.81. The lowest BCUT2D eigenvalue weighted by Crippen LogP contribution is -2.41. The first kappa shape index (κ1) is 12.0. The summed E-state index contributed by atoms with van der Waals surface area (Å²) in [6, 6.07) is -0.726. The molecule has 1 amide bonds. The first-order chi connectivity index (χ1) is 6.99. The Morgan fingerprint density at radius 3 is 2.40 bits per heavy atom. The van der Waals surface area contributed by atoms with Crippen LogP contribution in [0.1, 0.15) is 39.5 Å². The van der Waals surface area contributed by atoms with E-state index in [2.05, 4.69) is 5.32 Å². The summed E-state index contributed by atoms with van der Waals surface area (Å²) in [5.74, 6) is -0.288. The van der Waals surface area contributed by atoms with Crippen LogP contribution in [0, 0.1) is 11.8 Å². The monoisotopic (exact) mass is 213 g/mol. The number of carboxylic acids is 1. The van der Waals surface area contributed by atoms with Crippen LogP contribution in [0.15, 0.2) is 0 Å². The van der Waals surface area contributed by atoms with Crippen LogP contribution in [0.5, 0.6) is 0 Å². The molecule has 1 atom stereocenters. The second kappa shape index (κ2) is 5.14. The van der Waals surface area contributed by atoms with E-state index in [-0.39, 0.29) is 11.8 Å². The van der Waals surface area contributed by atoms with Gasteiger partial charge in [-0.15, -0.1) is 0 Å². The number of amides is 1. The summed E-state index contributed by atoms with van der Waals surface area (Å²) in [6.07, 6.45) is 3.19. The van der Waals surface area contributed by atoms with Gasteiger partial charge in [0.05, 0.1) is 0 Å². The molecule has 4 heteroatoms. The third-order valence-corrected chi connectivity index (χ3v) is 2.51. The Balaban J connectivity index is 2.34. The Morgan fingerprint density at radius 1 is 1.40 bits per heavy atom. The fraction of sp³-hybridized carbons (Fsp3) is 0.818. The number of hydrogen-bond donors (Lipinski definition) is 2. The van der Waals surface area contributed by atoms with Gasteiger partial charge in [0.1, 0.15) is 6.04 Å². The molecule has 1 aliphatic carbocycles. The highest BCUT2D eigenvalue weighted by Crippen LogP contribution is 2.32. The van der Waals surface area contributed by atoms with Crippen molar-refractivity contribution in [1.82, 2.24) is 5.32 Å². The van der Waals surface area contributed by atoms with Gasteiger partial charge < -0.3 is 10.4 Å². The van der Waals surface area contributed by atoms with Crippen LogP contribution in [0.2, 0.25) is 0 Å². The van der Waals surface area contributed by atoms with Crippen molar-refractivity contribution in [2.45, 2.75) is 45.6 Å². The number of nitrogens with one attached hydrogen (secondary N) is 1. The minimum atomic E-state index is -0.937. The minimum absolute atomic E-state index is 0.120. The molecule has 0 aromatic heterocycles. The molecule has 1 unspecified atom stereocenters. The summed E-state index contributed by atoms with van der Waals surface area (Å²) >= 11 is 0. The fourth-order valence-corrected chi connectivity index (χ4v) is 1.53. The number of carboxylic acid groups (broad SMARTS) is 1. The van der Waals surface area contributed by atoms with Gasteiger partial charge >= 0.3 is 5.97 Å². The quantitative estimate of drug-likeness (QED) is 0.701. The molecule has 1 saturated carbocycles. The predicted octanol–water partition coefficient (Wildman–Crippen LogP) is 1.40. The summed E-state index contributed by atoms with van der Waals surface area (Å²) in [7, 11) is 0. The van der Waals surface area contributed by atoms with Crippen molar-refractivity contribution in [2.75, 3.05) is 0 Å². The van der Waals surface area contributed by atoms with Gasteiger partial charge in [0.2, 0.25) is 5.91 Å². The smallest absolute Gasteiger partial charge is 0.326 e. The Morgan fingerprint density at radius 2 is 2.00 bits per heavy atom. The molecule has 0 aromatic carbocycles. The Hall–Kier alpha value is -1.06. The Bertz CT molecular complexity index is 246. The van der Waals surface area contributed by atoms with E-state index in [1.54, 1.807) is 0 Å². The van der Waals surface area contributed by atoms with Gasteiger partial charge in [-0.05, 0) is 31.1 Å². The summed E-state index contributed by atoms with van der Waals surface area (Å²) in [5.41, 5.74) is 0.